The molecule has 3 unspecified atom stereocenters. The molecule has 1 saturated heterocycles. The summed E-state index contributed by atoms with van der Waals surface area (Å²) in [5.74, 6) is 2.57. The van der Waals surface area contributed by atoms with Gasteiger partial charge in [0.05, 0.1) is 12.7 Å². The number of rotatable bonds is 5. The van der Waals surface area contributed by atoms with Crippen LogP contribution in [-0.4, -0.2) is 47.8 Å². The van der Waals surface area contributed by atoms with Crippen LogP contribution in [0.5, 0.6) is 0 Å². The van der Waals surface area contributed by atoms with Crippen LogP contribution in [0.2, 0.25) is 0 Å². The Hall–Kier alpha value is 0.620. The van der Waals surface area contributed by atoms with Crippen LogP contribution >= 0.6 is 23.5 Å². The zero-order valence-corrected chi connectivity index (χ0v) is 11.8. The van der Waals surface area contributed by atoms with Crippen molar-refractivity contribution in [3.05, 3.63) is 0 Å². The van der Waals surface area contributed by atoms with Crippen molar-refractivity contribution in [2.75, 3.05) is 25.2 Å². The molecule has 4 heteroatoms. The molecule has 0 aromatic carbocycles. The Morgan fingerprint density at radius 3 is 2.53 bits per heavy atom. The first-order chi connectivity index (χ1) is 7.15. The number of hydrogen-bond donors (Lipinski definition) is 1. The number of thioether (sulfide) groups is 2. The van der Waals surface area contributed by atoms with Crippen molar-refractivity contribution in [2.24, 2.45) is 0 Å². The van der Waals surface area contributed by atoms with Gasteiger partial charge in [0, 0.05) is 28.0 Å². The minimum atomic E-state index is 0.331. The fourth-order valence-electron chi connectivity index (χ4n) is 1.73. The normalized spacial score (nSPS) is 29.4. The SMILES string of the molecule is CNC(COC(C)C)C1SCCSC1C. The smallest absolute Gasteiger partial charge is 0.0634 e. The average Bonchev–Trinajstić information content (AvgIpc) is 2.21. The summed E-state index contributed by atoms with van der Waals surface area (Å²) in [6.07, 6.45) is 0.331. The Labute approximate surface area is 102 Å². The molecule has 2 nitrogen and oxygen atoms in total. The lowest BCUT2D eigenvalue weighted by Crippen LogP contribution is -2.46. The Morgan fingerprint density at radius 1 is 1.33 bits per heavy atom. The highest BCUT2D eigenvalue weighted by atomic mass is 32.2. The van der Waals surface area contributed by atoms with E-state index >= 15 is 0 Å². The number of ether oxygens (including phenoxy) is 1. The third-order valence-electron chi connectivity index (χ3n) is 2.61. The van der Waals surface area contributed by atoms with Crippen molar-refractivity contribution in [3.8, 4) is 0 Å². The van der Waals surface area contributed by atoms with Gasteiger partial charge in [-0.1, -0.05) is 6.92 Å². The van der Waals surface area contributed by atoms with E-state index in [0.29, 0.717) is 17.4 Å². The highest BCUT2D eigenvalue weighted by Gasteiger charge is 2.29. The van der Waals surface area contributed by atoms with Crippen molar-refractivity contribution < 1.29 is 4.74 Å². The van der Waals surface area contributed by atoms with E-state index in [9.17, 15) is 0 Å². The fraction of sp³-hybridized carbons (Fsp3) is 1.00. The number of hydrogen-bond acceptors (Lipinski definition) is 4. The Bertz CT molecular complexity index is 178. The van der Waals surface area contributed by atoms with Gasteiger partial charge in [0.2, 0.25) is 0 Å². The predicted octanol–water partition coefficient (Wildman–Crippen LogP) is 2.24. The van der Waals surface area contributed by atoms with Gasteiger partial charge in [-0.2, -0.15) is 23.5 Å². The first-order valence-electron chi connectivity index (χ1n) is 5.67. The van der Waals surface area contributed by atoms with Crippen LogP contribution in [0.3, 0.4) is 0 Å². The molecule has 0 radical (unpaired) electrons. The van der Waals surface area contributed by atoms with Crippen molar-refractivity contribution in [1.82, 2.24) is 5.32 Å². The van der Waals surface area contributed by atoms with Gasteiger partial charge in [0.25, 0.3) is 0 Å². The summed E-state index contributed by atoms with van der Waals surface area (Å²) in [6.45, 7) is 7.36. The van der Waals surface area contributed by atoms with Crippen LogP contribution in [0.15, 0.2) is 0 Å². The van der Waals surface area contributed by atoms with Crippen molar-refractivity contribution in [3.63, 3.8) is 0 Å². The molecule has 0 bridgehead atoms. The maximum Gasteiger partial charge on any atom is 0.0634 e. The standard InChI is InChI=1S/C11H23NOS2/c1-8(2)13-7-10(12-4)11-9(3)14-5-6-15-11/h8-12H,5-7H2,1-4H3. The quantitative estimate of drug-likeness (QED) is 0.806. The summed E-state index contributed by atoms with van der Waals surface area (Å²) >= 11 is 4.18. The van der Waals surface area contributed by atoms with Gasteiger partial charge in [-0.15, -0.1) is 0 Å². The fourth-order valence-corrected chi connectivity index (χ4v) is 4.71. The predicted molar refractivity (Wildman–Crippen MR) is 72.1 cm³/mol. The van der Waals surface area contributed by atoms with Crippen molar-refractivity contribution in [2.45, 2.75) is 43.4 Å². The molecule has 1 heterocycles. The van der Waals surface area contributed by atoms with Crippen molar-refractivity contribution in [1.29, 1.82) is 0 Å². The zero-order valence-electron chi connectivity index (χ0n) is 10.2. The molecular weight excluding hydrogens is 226 g/mol. The van der Waals surface area contributed by atoms with Crippen LogP contribution in [0, 0.1) is 0 Å². The topological polar surface area (TPSA) is 21.3 Å². The third-order valence-corrected chi connectivity index (χ3v) is 5.86. The van der Waals surface area contributed by atoms with E-state index in [-0.39, 0.29) is 0 Å². The van der Waals surface area contributed by atoms with Crippen LogP contribution < -0.4 is 5.32 Å². The van der Waals surface area contributed by atoms with Crippen LogP contribution in [0.1, 0.15) is 20.8 Å². The molecule has 0 aromatic heterocycles. The summed E-state index contributed by atoms with van der Waals surface area (Å²) in [7, 11) is 2.04. The first-order valence-corrected chi connectivity index (χ1v) is 7.77. The molecule has 1 aliphatic heterocycles. The Balaban J connectivity index is 2.41. The zero-order chi connectivity index (χ0) is 11.3. The number of likely N-dealkylation sites (N-methyl/N-ethyl adjacent to an activating group) is 1. The van der Waals surface area contributed by atoms with E-state index in [2.05, 4.69) is 49.6 Å². The Kier molecular flexibility index (Phi) is 6.43. The van der Waals surface area contributed by atoms with Crippen LogP contribution in [-0.2, 0) is 4.74 Å². The Morgan fingerprint density at radius 2 is 2.00 bits per heavy atom. The van der Waals surface area contributed by atoms with Gasteiger partial charge in [-0.3, -0.25) is 0 Å². The summed E-state index contributed by atoms with van der Waals surface area (Å²) in [6, 6.07) is 0.486. The molecule has 1 aliphatic rings. The molecule has 1 N–H and O–H groups in total. The molecule has 0 saturated carbocycles. The summed E-state index contributed by atoms with van der Waals surface area (Å²) in [4.78, 5) is 0. The molecule has 1 rings (SSSR count). The highest BCUT2D eigenvalue weighted by molar-refractivity contribution is 8.07. The minimum absolute atomic E-state index is 0.331. The lowest BCUT2D eigenvalue weighted by Gasteiger charge is -2.34. The highest BCUT2D eigenvalue weighted by Crippen LogP contribution is 2.33. The van der Waals surface area contributed by atoms with Crippen LogP contribution in [0.4, 0.5) is 0 Å². The summed E-state index contributed by atoms with van der Waals surface area (Å²) in [5.41, 5.74) is 0. The second-order valence-electron chi connectivity index (χ2n) is 4.19. The molecule has 0 aliphatic carbocycles. The van der Waals surface area contributed by atoms with Gasteiger partial charge >= 0.3 is 0 Å². The van der Waals surface area contributed by atoms with Gasteiger partial charge < -0.3 is 10.1 Å². The molecule has 90 valence electrons. The average molecular weight is 249 g/mol. The van der Waals surface area contributed by atoms with E-state index in [1.54, 1.807) is 0 Å². The molecular formula is C11H23NOS2. The van der Waals surface area contributed by atoms with Gasteiger partial charge in [-0.05, 0) is 20.9 Å². The van der Waals surface area contributed by atoms with Gasteiger partial charge in [0.15, 0.2) is 0 Å². The van der Waals surface area contributed by atoms with E-state index in [1.807, 2.05) is 7.05 Å². The maximum atomic E-state index is 5.71. The lowest BCUT2D eigenvalue weighted by molar-refractivity contribution is 0.0623. The van der Waals surface area contributed by atoms with E-state index < -0.39 is 0 Å². The van der Waals surface area contributed by atoms with E-state index in [4.69, 9.17) is 4.74 Å². The molecule has 1 fully saturated rings. The molecule has 15 heavy (non-hydrogen) atoms. The van der Waals surface area contributed by atoms with Crippen molar-refractivity contribution >= 4 is 23.5 Å². The molecule has 3 atom stereocenters. The lowest BCUT2D eigenvalue weighted by atomic mass is 10.1. The third kappa shape index (κ3) is 4.55. The molecule has 0 spiro atoms. The summed E-state index contributed by atoms with van der Waals surface area (Å²) in [5, 5.41) is 4.82. The van der Waals surface area contributed by atoms with E-state index in [1.165, 1.54) is 11.5 Å². The molecule has 0 aromatic rings. The van der Waals surface area contributed by atoms with E-state index in [0.717, 1.165) is 11.9 Å². The van der Waals surface area contributed by atoms with Gasteiger partial charge in [-0.25, -0.2) is 0 Å². The number of nitrogens with one attached hydrogen (secondary N) is 1. The monoisotopic (exact) mass is 249 g/mol. The maximum absolute atomic E-state index is 5.71. The minimum Gasteiger partial charge on any atom is -0.377 e. The van der Waals surface area contributed by atoms with Crippen LogP contribution in [0.25, 0.3) is 0 Å². The molecule has 0 amide bonds. The van der Waals surface area contributed by atoms with Gasteiger partial charge in [0.1, 0.15) is 0 Å². The summed E-state index contributed by atoms with van der Waals surface area (Å²) < 4.78 is 5.71. The largest absolute Gasteiger partial charge is 0.377 e. The first kappa shape index (κ1) is 13.7. The second-order valence-corrected chi connectivity index (χ2v) is 6.96. The second kappa shape index (κ2) is 7.05.